The molecule has 0 radical (unpaired) electrons. The van der Waals surface area contributed by atoms with E-state index in [9.17, 15) is 0 Å². The standard InChI is InChI=1S/C17H23ClN2/c1-13-7-6-8-14-16(13)20(15(19-14)9-12-18)17(2)10-4-3-5-11-17/h6-8H,3-5,9-12H2,1-2H3. The molecule has 0 saturated heterocycles. The SMILES string of the molecule is Cc1cccc2nc(CCCl)n(C3(C)CCCCC3)c12. The first-order chi connectivity index (χ1) is 9.65. The van der Waals surface area contributed by atoms with Crippen LogP contribution >= 0.6 is 11.6 Å². The Morgan fingerprint density at radius 2 is 2.00 bits per heavy atom. The summed E-state index contributed by atoms with van der Waals surface area (Å²) >= 11 is 6.01. The molecule has 1 aromatic heterocycles. The van der Waals surface area contributed by atoms with Crippen molar-refractivity contribution in [3.63, 3.8) is 0 Å². The van der Waals surface area contributed by atoms with Crippen LogP contribution in [-0.4, -0.2) is 15.4 Å². The smallest absolute Gasteiger partial charge is 0.111 e. The number of imidazole rings is 1. The second-order valence-electron chi connectivity index (χ2n) is 6.30. The molecule has 2 aromatic rings. The largest absolute Gasteiger partial charge is 0.322 e. The predicted octanol–water partition coefficient (Wildman–Crippen LogP) is 4.81. The molecule has 1 aliphatic carbocycles. The van der Waals surface area contributed by atoms with Crippen molar-refractivity contribution >= 4 is 22.6 Å². The van der Waals surface area contributed by atoms with Crippen LogP contribution in [0.1, 0.15) is 50.4 Å². The van der Waals surface area contributed by atoms with Crippen molar-refractivity contribution in [1.29, 1.82) is 0 Å². The molecule has 2 nitrogen and oxygen atoms in total. The van der Waals surface area contributed by atoms with E-state index in [4.69, 9.17) is 16.6 Å². The van der Waals surface area contributed by atoms with Crippen LogP contribution in [0.4, 0.5) is 0 Å². The third kappa shape index (κ3) is 2.24. The lowest BCUT2D eigenvalue weighted by atomic mass is 9.82. The molecule has 0 bridgehead atoms. The second kappa shape index (κ2) is 5.40. The van der Waals surface area contributed by atoms with Crippen LogP contribution in [-0.2, 0) is 12.0 Å². The van der Waals surface area contributed by atoms with Crippen LogP contribution in [0.15, 0.2) is 18.2 Å². The molecule has 3 rings (SSSR count). The van der Waals surface area contributed by atoms with Crippen LogP contribution in [0, 0.1) is 6.92 Å². The average Bonchev–Trinajstić information content (AvgIpc) is 2.80. The third-order valence-electron chi connectivity index (χ3n) is 4.74. The van der Waals surface area contributed by atoms with Gasteiger partial charge in [-0.25, -0.2) is 4.98 Å². The summed E-state index contributed by atoms with van der Waals surface area (Å²) in [5, 5.41) is 0. The molecule has 1 aliphatic rings. The summed E-state index contributed by atoms with van der Waals surface area (Å²) in [5.74, 6) is 1.80. The van der Waals surface area contributed by atoms with Gasteiger partial charge in [-0.1, -0.05) is 31.4 Å². The van der Waals surface area contributed by atoms with Crippen molar-refractivity contribution in [3.8, 4) is 0 Å². The van der Waals surface area contributed by atoms with Crippen molar-refractivity contribution < 1.29 is 0 Å². The minimum absolute atomic E-state index is 0.209. The van der Waals surface area contributed by atoms with E-state index < -0.39 is 0 Å². The number of nitrogens with zero attached hydrogens (tertiary/aromatic N) is 2. The minimum atomic E-state index is 0.209. The molecule has 0 N–H and O–H groups in total. The number of para-hydroxylation sites is 1. The summed E-state index contributed by atoms with van der Waals surface area (Å²) in [6.07, 6.45) is 7.37. The molecule has 0 spiro atoms. The maximum absolute atomic E-state index is 6.01. The number of rotatable bonds is 3. The molecule has 20 heavy (non-hydrogen) atoms. The summed E-state index contributed by atoms with van der Waals surface area (Å²) in [5.41, 5.74) is 3.97. The Morgan fingerprint density at radius 3 is 2.70 bits per heavy atom. The number of aryl methyl sites for hydroxylation is 2. The molecule has 3 heteroatoms. The number of hydrogen-bond acceptors (Lipinski definition) is 1. The highest BCUT2D eigenvalue weighted by Gasteiger charge is 2.32. The number of alkyl halides is 1. The first kappa shape index (κ1) is 13.9. The van der Waals surface area contributed by atoms with Gasteiger partial charge in [-0.3, -0.25) is 0 Å². The van der Waals surface area contributed by atoms with E-state index in [-0.39, 0.29) is 5.54 Å². The first-order valence-electron chi connectivity index (χ1n) is 7.69. The molecular formula is C17H23ClN2. The van der Waals surface area contributed by atoms with Gasteiger partial charge in [0.2, 0.25) is 0 Å². The van der Waals surface area contributed by atoms with E-state index in [0.717, 1.165) is 17.8 Å². The lowest BCUT2D eigenvalue weighted by molar-refractivity contribution is 0.219. The normalized spacial score (nSPS) is 18.6. The zero-order chi connectivity index (χ0) is 14.2. The van der Waals surface area contributed by atoms with E-state index in [1.165, 1.54) is 43.2 Å². The summed E-state index contributed by atoms with van der Waals surface area (Å²) in [7, 11) is 0. The molecular weight excluding hydrogens is 268 g/mol. The summed E-state index contributed by atoms with van der Waals surface area (Å²) in [6, 6.07) is 6.42. The summed E-state index contributed by atoms with van der Waals surface area (Å²) in [4.78, 5) is 4.86. The number of aromatic nitrogens is 2. The van der Waals surface area contributed by atoms with E-state index in [0.29, 0.717) is 5.88 Å². The molecule has 1 fully saturated rings. The van der Waals surface area contributed by atoms with Crippen molar-refractivity contribution in [2.45, 2.75) is 57.9 Å². The van der Waals surface area contributed by atoms with Crippen LogP contribution in [0.5, 0.6) is 0 Å². The molecule has 108 valence electrons. The second-order valence-corrected chi connectivity index (χ2v) is 6.68. The van der Waals surface area contributed by atoms with Gasteiger partial charge in [0.25, 0.3) is 0 Å². The zero-order valence-electron chi connectivity index (χ0n) is 12.5. The van der Waals surface area contributed by atoms with Gasteiger partial charge in [-0.05, 0) is 38.3 Å². The van der Waals surface area contributed by atoms with E-state index in [2.05, 4.69) is 36.6 Å². The Kier molecular flexibility index (Phi) is 3.76. The third-order valence-corrected chi connectivity index (χ3v) is 4.93. The van der Waals surface area contributed by atoms with Gasteiger partial charge in [-0.2, -0.15) is 0 Å². The van der Waals surface area contributed by atoms with Crippen LogP contribution in [0.3, 0.4) is 0 Å². The zero-order valence-corrected chi connectivity index (χ0v) is 13.2. The molecule has 0 atom stereocenters. The maximum atomic E-state index is 6.01. The fourth-order valence-electron chi connectivity index (χ4n) is 3.71. The molecule has 1 aromatic carbocycles. The van der Waals surface area contributed by atoms with E-state index in [1.54, 1.807) is 0 Å². The Morgan fingerprint density at radius 1 is 1.25 bits per heavy atom. The number of fused-ring (bicyclic) bond motifs is 1. The van der Waals surface area contributed by atoms with Gasteiger partial charge >= 0.3 is 0 Å². The Balaban J connectivity index is 2.22. The van der Waals surface area contributed by atoms with Crippen LogP contribution in [0.2, 0.25) is 0 Å². The van der Waals surface area contributed by atoms with Crippen molar-refractivity contribution in [1.82, 2.24) is 9.55 Å². The minimum Gasteiger partial charge on any atom is -0.322 e. The van der Waals surface area contributed by atoms with Gasteiger partial charge in [0.05, 0.1) is 11.0 Å². The van der Waals surface area contributed by atoms with E-state index >= 15 is 0 Å². The van der Waals surface area contributed by atoms with E-state index in [1.807, 2.05) is 0 Å². The number of halogens is 1. The fraction of sp³-hybridized carbons (Fsp3) is 0.588. The highest BCUT2D eigenvalue weighted by molar-refractivity contribution is 6.17. The fourth-order valence-corrected chi connectivity index (χ4v) is 3.88. The Hall–Kier alpha value is -1.02. The molecule has 0 unspecified atom stereocenters. The maximum Gasteiger partial charge on any atom is 0.111 e. The quantitative estimate of drug-likeness (QED) is 0.742. The van der Waals surface area contributed by atoms with Crippen molar-refractivity contribution in [2.75, 3.05) is 5.88 Å². The van der Waals surface area contributed by atoms with Gasteiger partial charge in [0.1, 0.15) is 5.82 Å². The van der Waals surface area contributed by atoms with Gasteiger partial charge in [0.15, 0.2) is 0 Å². The summed E-state index contributed by atoms with van der Waals surface area (Å²) in [6.45, 7) is 4.59. The lowest BCUT2D eigenvalue weighted by Gasteiger charge is -2.37. The lowest BCUT2D eigenvalue weighted by Crippen LogP contribution is -2.34. The first-order valence-corrected chi connectivity index (χ1v) is 8.22. The number of hydrogen-bond donors (Lipinski definition) is 0. The Bertz CT molecular complexity index is 609. The Labute approximate surface area is 126 Å². The molecule has 0 aliphatic heterocycles. The average molecular weight is 291 g/mol. The monoisotopic (exact) mass is 290 g/mol. The van der Waals surface area contributed by atoms with Crippen molar-refractivity contribution in [3.05, 3.63) is 29.6 Å². The highest BCUT2D eigenvalue weighted by Crippen LogP contribution is 2.38. The topological polar surface area (TPSA) is 17.8 Å². The predicted molar refractivity (Wildman–Crippen MR) is 85.6 cm³/mol. The highest BCUT2D eigenvalue weighted by atomic mass is 35.5. The van der Waals surface area contributed by atoms with Gasteiger partial charge in [0, 0.05) is 17.8 Å². The summed E-state index contributed by atoms with van der Waals surface area (Å²) < 4.78 is 2.51. The van der Waals surface area contributed by atoms with Gasteiger partial charge < -0.3 is 4.57 Å². The molecule has 1 heterocycles. The molecule has 0 amide bonds. The number of benzene rings is 1. The van der Waals surface area contributed by atoms with Gasteiger partial charge in [-0.15, -0.1) is 11.6 Å². The van der Waals surface area contributed by atoms with Crippen molar-refractivity contribution in [2.24, 2.45) is 0 Å². The molecule has 1 saturated carbocycles. The van der Waals surface area contributed by atoms with Crippen LogP contribution in [0.25, 0.3) is 11.0 Å². The van der Waals surface area contributed by atoms with Crippen LogP contribution < -0.4 is 0 Å².